The number of hydrogen-bond acceptors (Lipinski definition) is 3. The van der Waals surface area contributed by atoms with Gasteiger partial charge in [-0.15, -0.1) is 17.8 Å². The predicted molar refractivity (Wildman–Crippen MR) is 90.3 cm³/mol. The van der Waals surface area contributed by atoms with Crippen molar-refractivity contribution in [2.45, 2.75) is 6.54 Å². The number of terminal acetylenes is 1. The van der Waals surface area contributed by atoms with E-state index in [4.69, 9.17) is 6.42 Å². The highest BCUT2D eigenvalue weighted by Gasteiger charge is 2.16. The molecule has 0 saturated carbocycles. The van der Waals surface area contributed by atoms with Crippen LogP contribution >= 0.6 is 11.3 Å². The summed E-state index contributed by atoms with van der Waals surface area (Å²) in [5, 5.41) is 0. The Kier molecular flexibility index (Phi) is 4.89. The van der Waals surface area contributed by atoms with E-state index < -0.39 is 0 Å². The van der Waals surface area contributed by atoms with Crippen LogP contribution in [-0.2, 0) is 6.54 Å². The molecule has 2 nitrogen and oxygen atoms in total. The largest absolute Gasteiger partial charge is 0.296 e. The minimum absolute atomic E-state index is 0.183. The van der Waals surface area contributed by atoms with E-state index in [0.29, 0.717) is 0 Å². The van der Waals surface area contributed by atoms with Crippen LogP contribution in [0.2, 0.25) is 0 Å². The van der Waals surface area contributed by atoms with Gasteiger partial charge in [0.05, 0.1) is 6.54 Å². The fourth-order valence-electron chi connectivity index (χ4n) is 2.71. The average molecular weight is 314 g/mol. The monoisotopic (exact) mass is 314 g/mol. The summed E-state index contributed by atoms with van der Waals surface area (Å²) in [5.41, 5.74) is 0.954. The van der Waals surface area contributed by atoms with Gasteiger partial charge in [0, 0.05) is 42.5 Å². The molecule has 0 bridgehead atoms. The maximum atomic E-state index is 13.3. The minimum Gasteiger partial charge on any atom is -0.296 e. The van der Waals surface area contributed by atoms with Crippen molar-refractivity contribution < 1.29 is 4.39 Å². The molecule has 1 fully saturated rings. The van der Waals surface area contributed by atoms with Gasteiger partial charge in [-0.1, -0.05) is 18.1 Å². The van der Waals surface area contributed by atoms with Gasteiger partial charge in [0.1, 0.15) is 5.82 Å². The van der Waals surface area contributed by atoms with Gasteiger partial charge in [-0.25, -0.2) is 4.39 Å². The number of halogens is 1. The summed E-state index contributed by atoms with van der Waals surface area (Å²) in [6.45, 7) is 5.88. The zero-order chi connectivity index (χ0) is 15.4. The number of benzene rings is 1. The molecule has 4 heteroatoms. The summed E-state index contributed by atoms with van der Waals surface area (Å²) in [7, 11) is 0. The number of nitrogens with zero attached hydrogens (tertiary/aromatic N) is 2. The first-order valence-electron chi connectivity index (χ1n) is 7.47. The second-order valence-corrected chi connectivity index (χ2v) is 6.70. The number of hydrogen-bond donors (Lipinski definition) is 0. The van der Waals surface area contributed by atoms with E-state index in [-0.39, 0.29) is 5.82 Å². The Hall–Kier alpha value is -1.67. The molecule has 1 aliphatic heterocycles. The first-order valence-corrected chi connectivity index (χ1v) is 8.29. The molecule has 114 valence electrons. The molecule has 1 saturated heterocycles. The molecular formula is C18H19FN2S. The van der Waals surface area contributed by atoms with Crippen LogP contribution in [0.25, 0.3) is 10.4 Å². The molecule has 22 heavy (non-hydrogen) atoms. The molecule has 3 rings (SSSR count). The zero-order valence-electron chi connectivity index (χ0n) is 12.5. The number of rotatable bonds is 4. The van der Waals surface area contributed by atoms with Crippen LogP contribution in [0.4, 0.5) is 4.39 Å². The first-order chi connectivity index (χ1) is 10.7. The summed E-state index contributed by atoms with van der Waals surface area (Å²) < 4.78 is 13.3. The highest BCUT2D eigenvalue weighted by atomic mass is 32.1. The van der Waals surface area contributed by atoms with E-state index in [2.05, 4.69) is 27.9 Å². The fourth-order valence-corrected chi connectivity index (χ4v) is 3.76. The highest BCUT2D eigenvalue weighted by Crippen LogP contribution is 2.29. The summed E-state index contributed by atoms with van der Waals surface area (Å²) in [4.78, 5) is 7.21. The van der Waals surface area contributed by atoms with Crippen molar-refractivity contribution in [2.24, 2.45) is 0 Å². The quantitative estimate of drug-likeness (QED) is 0.799. The van der Waals surface area contributed by atoms with Crippen LogP contribution in [0.1, 0.15) is 4.88 Å². The third kappa shape index (κ3) is 3.75. The standard InChI is InChI=1S/C18H19FN2S/c1-2-8-20-9-11-21(12-10-20)14-17-6-7-18(22-17)15-4-3-5-16(19)13-15/h1,3-7,13H,8-12,14H2. The summed E-state index contributed by atoms with van der Waals surface area (Å²) >= 11 is 1.75. The highest BCUT2D eigenvalue weighted by molar-refractivity contribution is 7.15. The normalized spacial score (nSPS) is 16.5. The Morgan fingerprint density at radius 1 is 1.09 bits per heavy atom. The molecule has 0 unspecified atom stereocenters. The molecule has 0 radical (unpaired) electrons. The van der Waals surface area contributed by atoms with Gasteiger partial charge in [-0.3, -0.25) is 9.80 Å². The van der Waals surface area contributed by atoms with Crippen molar-refractivity contribution in [3.05, 3.63) is 47.1 Å². The fraction of sp³-hybridized carbons (Fsp3) is 0.333. The Morgan fingerprint density at radius 3 is 2.59 bits per heavy atom. The second kappa shape index (κ2) is 7.06. The smallest absolute Gasteiger partial charge is 0.123 e. The van der Waals surface area contributed by atoms with Crippen LogP contribution in [-0.4, -0.2) is 42.5 Å². The van der Waals surface area contributed by atoms with Crippen molar-refractivity contribution >= 4 is 11.3 Å². The Morgan fingerprint density at radius 2 is 1.86 bits per heavy atom. The third-order valence-corrected chi connectivity index (χ3v) is 5.05. The zero-order valence-corrected chi connectivity index (χ0v) is 13.3. The van der Waals surface area contributed by atoms with Crippen LogP contribution in [0.15, 0.2) is 36.4 Å². The van der Waals surface area contributed by atoms with E-state index in [9.17, 15) is 4.39 Å². The van der Waals surface area contributed by atoms with Crippen LogP contribution < -0.4 is 0 Å². The maximum Gasteiger partial charge on any atom is 0.123 e. The Labute approximate surface area is 135 Å². The van der Waals surface area contributed by atoms with E-state index in [1.165, 1.54) is 10.9 Å². The lowest BCUT2D eigenvalue weighted by Crippen LogP contribution is -2.45. The van der Waals surface area contributed by atoms with Crippen LogP contribution in [0.5, 0.6) is 0 Å². The minimum atomic E-state index is -0.183. The molecule has 1 aromatic heterocycles. The van der Waals surface area contributed by atoms with Gasteiger partial charge >= 0.3 is 0 Å². The third-order valence-electron chi connectivity index (χ3n) is 3.93. The topological polar surface area (TPSA) is 6.48 Å². The van der Waals surface area contributed by atoms with Crippen molar-refractivity contribution in [3.63, 3.8) is 0 Å². The summed E-state index contributed by atoms with van der Waals surface area (Å²) in [6, 6.07) is 11.0. The molecule has 0 atom stereocenters. The van der Waals surface area contributed by atoms with Gasteiger partial charge in [-0.2, -0.15) is 0 Å². The Balaban J connectivity index is 1.60. The van der Waals surface area contributed by atoms with Crippen LogP contribution in [0, 0.1) is 18.2 Å². The number of piperazine rings is 1. The predicted octanol–water partition coefficient (Wildman–Crippen LogP) is 3.31. The van der Waals surface area contributed by atoms with Gasteiger partial charge < -0.3 is 0 Å². The van der Waals surface area contributed by atoms with E-state index in [1.54, 1.807) is 23.5 Å². The van der Waals surface area contributed by atoms with E-state index in [1.807, 2.05) is 6.07 Å². The first kappa shape index (κ1) is 15.2. The van der Waals surface area contributed by atoms with Crippen molar-refractivity contribution in [3.8, 4) is 22.8 Å². The summed E-state index contributed by atoms with van der Waals surface area (Å²) in [6.07, 6.45) is 5.36. The SMILES string of the molecule is C#CCN1CCN(Cc2ccc(-c3cccc(F)c3)s2)CC1. The lowest BCUT2D eigenvalue weighted by atomic mass is 10.2. The molecule has 2 aromatic rings. The molecule has 1 aromatic carbocycles. The van der Waals surface area contributed by atoms with Gasteiger partial charge in [0.25, 0.3) is 0 Å². The van der Waals surface area contributed by atoms with E-state index >= 15 is 0 Å². The lowest BCUT2D eigenvalue weighted by molar-refractivity contribution is 0.139. The second-order valence-electron chi connectivity index (χ2n) is 5.53. The van der Waals surface area contributed by atoms with Crippen LogP contribution in [0.3, 0.4) is 0 Å². The van der Waals surface area contributed by atoms with E-state index in [0.717, 1.165) is 49.7 Å². The van der Waals surface area contributed by atoms with Gasteiger partial charge in [0.2, 0.25) is 0 Å². The Bertz CT molecular complexity index is 666. The number of thiophene rings is 1. The molecule has 2 heterocycles. The van der Waals surface area contributed by atoms with Crippen molar-refractivity contribution in [1.29, 1.82) is 0 Å². The van der Waals surface area contributed by atoms with Gasteiger partial charge in [-0.05, 0) is 29.8 Å². The molecule has 1 aliphatic rings. The maximum absolute atomic E-state index is 13.3. The molecular weight excluding hydrogens is 295 g/mol. The molecule has 0 N–H and O–H groups in total. The molecule has 0 amide bonds. The lowest BCUT2D eigenvalue weighted by Gasteiger charge is -2.33. The summed E-state index contributed by atoms with van der Waals surface area (Å²) in [5.74, 6) is 2.52. The average Bonchev–Trinajstić information content (AvgIpc) is 2.98. The van der Waals surface area contributed by atoms with Gasteiger partial charge in [0.15, 0.2) is 0 Å². The van der Waals surface area contributed by atoms with Crippen molar-refractivity contribution in [1.82, 2.24) is 9.80 Å². The van der Waals surface area contributed by atoms with Crippen molar-refractivity contribution in [2.75, 3.05) is 32.7 Å². The molecule has 0 aliphatic carbocycles. The molecule has 0 spiro atoms.